The summed E-state index contributed by atoms with van der Waals surface area (Å²) in [6, 6.07) is 5.74. The second kappa shape index (κ2) is 25.1. The van der Waals surface area contributed by atoms with Crippen LogP contribution in [0.15, 0.2) is 30.6 Å². The highest BCUT2D eigenvalue weighted by Gasteiger charge is 2.14. The van der Waals surface area contributed by atoms with E-state index in [4.69, 9.17) is 18.9 Å². The summed E-state index contributed by atoms with van der Waals surface area (Å²) < 4.78 is 23.0. The van der Waals surface area contributed by atoms with Crippen LogP contribution in [0.2, 0.25) is 0 Å². The molecular formula is C31H54NO6+. The molecule has 7 nitrogen and oxygen atoms in total. The maximum Gasteiger partial charge on any atom is 0.508 e. The molecule has 1 heterocycles. The molecule has 0 aliphatic rings. The van der Waals surface area contributed by atoms with Gasteiger partial charge in [0.15, 0.2) is 25.5 Å². The van der Waals surface area contributed by atoms with Crippen molar-refractivity contribution < 1.29 is 33.1 Å². The van der Waals surface area contributed by atoms with Crippen molar-refractivity contribution in [2.45, 2.75) is 136 Å². The van der Waals surface area contributed by atoms with Crippen molar-refractivity contribution in [1.82, 2.24) is 0 Å². The maximum atomic E-state index is 11.8. The van der Waals surface area contributed by atoms with E-state index in [1.165, 1.54) is 96.8 Å². The van der Waals surface area contributed by atoms with Crippen LogP contribution in [0.4, 0.5) is 4.79 Å². The lowest BCUT2D eigenvalue weighted by Crippen LogP contribution is -2.35. The predicted octanol–water partition coefficient (Wildman–Crippen LogP) is 7.68. The first-order chi connectivity index (χ1) is 18.6. The number of ether oxygens (including phenoxy) is 4. The summed E-state index contributed by atoms with van der Waals surface area (Å²) in [7, 11) is 0. The van der Waals surface area contributed by atoms with Crippen molar-refractivity contribution in [2.75, 3.05) is 19.8 Å². The molecule has 0 radical (unpaired) electrons. The number of hydrogen-bond acceptors (Lipinski definition) is 6. The summed E-state index contributed by atoms with van der Waals surface area (Å²) in [5.41, 5.74) is 0. The van der Waals surface area contributed by atoms with Gasteiger partial charge in [0.2, 0.25) is 6.29 Å². The van der Waals surface area contributed by atoms with Crippen LogP contribution in [0.25, 0.3) is 0 Å². The summed E-state index contributed by atoms with van der Waals surface area (Å²) in [6.07, 6.45) is 23.7. The number of esters is 1. The third-order valence-electron chi connectivity index (χ3n) is 6.52. The highest BCUT2D eigenvalue weighted by atomic mass is 16.7. The molecule has 0 saturated carbocycles. The summed E-state index contributed by atoms with van der Waals surface area (Å²) in [4.78, 5) is 23.1. The van der Waals surface area contributed by atoms with E-state index in [9.17, 15) is 9.59 Å². The van der Waals surface area contributed by atoms with Crippen molar-refractivity contribution in [1.29, 1.82) is 0 Å². The summed E-state index contributed by atoms with van der Waals surface area (Å²) in [5.74, 6) is -0.413. The van der Waals surface area contributed by atoms with Crippen LogP contribution in [0.1, 0.15) is 123 Å². The SMILES string of the molecule is CCCCCCCCCCCCCCCCCCO[C@H](CCOC(=O)OCC[n+]1ccccc1)OC(C)=O. The minimum atomic E-state index is -0.735. The fourth-order valence-electron chi connectivity index (χ4n) is 4.32. The van der Waals surface area contributed by atoms with E-state index < -0.39 is 18.4 Å². The summed E-state index contributed by atoms with van der Waals surface area (Å²) >= 11 is 0. The van der Waals surface area contributed by atoms with Crippen molar-refractivity contribution in [3.05, 3.63) is 30.6 Å². The Labute approximate surface area is 231 Å². The number of aromatic nitrogens is 1. The molecule has 1 aromatic heterocycles. The van der Waals surface area contributed by atoms with Crippen LogP contribution >= 0.6 is 0 Å². The fourth-order valence-corrected chi connectivity index (χ4v) is 4.32. The lowest BCUT2D eigenvalue weighted by Gasteiger charge is -2.17. The smallest absolute Gasteiger partial charge is 0.436 e. The molecule has 0 amide bonds. The van der Waals surface area contributed by atoms with Crippen LogP contribution in [0.3, 0.4) is 0 Å². The zero-order chi connectivity index (χ0) is 27.5. The second-order valence-electron chi connectivity index (χ2n) is 10.1. The van der Waals surface area contributed by atoms with Crippen LogP contribution in [-0.4, -0.2) is 38.2 Å². The van der Waals surface area contributed by atoms with E-state index in [1.807, 2.05) is 35.2 Å². The molecule has 0 saturated heterocycles. The number of nitrogens with zero attached hydrogens (tertiary/aromatic N) is 1. The topological polar surface area (TPSA) is 74.9 Å². The van der Waals surface area contributed by atoms with Gasteiger partial charge in [0.25, 0.3) is 0 Å². The monoisotopic (exact) mass is 536 g/mol. The molecule has 1 aromatic rings. The molecule has 218 valence electrons. The van der Waals surface area contributed by atoms with Gasteiger partial charge in [-0.25, -0.2) is 9.36 Å². The molecule has 0 bridgehead atoms. The van der Waals surface area contributed by atoms with Crippen molar-refractivity contribution in [3.8, 4) is 0 Å². The number of rotatable bonds is 25. The van der Waals surface area contributed by atoms with E-state index >= 15 is 0 Å². The number of hydrogen-bond donors (Lipinski definition) is 0. The highest BCUT2D eigenvalue weighted by molar-refractivity contribution is 5.66. The molecule has 7 heteroatoms. The molecule has 0 aliphatic carbocycles. The minimum absolute atomic E-state index is 0.0637. The zero-order valence-corrected chi connectivity index (χ0v) is 24.2. The van der Waals surface area contributed by atoms with Gasteiger partial charge >= 0.3 is 12.1 Å². The van der Waals surface area contributed by atoms with E-state index in [0.29, 0.717) is 13.2 Å². The second-order valence-corrected chi connectivity index (χ2v) is 10.1. The van der Waals surface area contributed by atoms with E-state index in [-0.39, 0.29) is 19.6 Å². The number of pyridine rings is 1. The third-order valence-corrected chi connectivity index (χ3v) is 6.52. The maximum absolute atomic E-state index is 11.8. The molecule has 0 aliphatic heterocycles. The lowest BCUT2D eigenvalue weighted by molar-refractivity contribution is -0.698. The van der Waals surface area contributed by atoms with Gasteiger partial charge in [0, 0.05) is 25.5 Å². The first-order valence-electron chi connectivity index (χ1n) is 15.1. The van der Waals surface area contributed by atoms with E-state index in [1.54, 1.807) is 0 Å². The lowest BCUT2D eigenvalue weighted by atomic mass is 10.0. The van der Waals surface area contributed by atoms with Gasteiger partial charge in [-0.15, -0.1) is 0 Å². The first-order valence-corrected chi connectivity index (χ1v) is 15.1. The molecule has 0 aromatic carbocycles. The van der Waals surface area contributed by atoms with Crippen molar-refractivity contribution >= 4 is 12.1 Å². The molecule has 0 spiro atoms. The van der Waals surface area contributed by atoms with Crippen LogP contribution in [0.5, 0.6) is 0 Å². The van der Waals surface area contributed by atoms with Gasteiger partial charge in [-0.1, -0.05) is 109 Å². The average Bonchev–Trinajstić information content (AvgIpc) is 2.90. The number of carbonyl (C=O) groups is 2. The molecular weight excluding hydrogens is 482 g/mol. The van der Waals surface area contributed by atoms with Gasteiger partial charge in [-0.2, -0.15) is 0 Å². The van der Waals surface area contributed by atoms with Crippen LogP contribution in [-0.2, 0) is 30.3 Å². The minimum Gasteiger partial charge on any atom is -0.436 e. The van der Waals surface area contributed by atoms with Crippen LogP contribution < -0.4 is 4.57 Å². The molecule has 0 fully saturated rings. The Kier molecular flexibility index (Phi) is 22.4. The fraction of sp³-hybridized carbons (Fsp3) is 0.774. The first kappa shape index (κ1) is 33.9. The Morgan fingerprint density at radius 2 is 1.16 bits per heavy atom. The van der Waals surface area contributed by atoms with E-state index in [0.717, 1.165) is 12.8 Å². The van der Waals surface area contributed by atoms with Crippen LogP contribution in [0, 0.1) is 0 Å². The molecule has 1 atom stereocenters. The predicted molar refractivity (Wildman–Crippen MR) is 150 cm³/mol. The zero-order valence-electron chi connectivity index (χ0n) is 24.2. The molecule has 38 heavy (non-hydrogen) atoms. The van der Waals surface area contributed by atoms with Gasteiger partial charge < -0.3 is 18.9 Å². The Hall–Kier alpha value is -2.15. The van der Waals surface area contributed by atoms with Crippen molar-refractivity contribution in [2.24, 2.45) is 0 Å². The van der Waals surface area contributed by atoms with Gasteiger partial charge in [-0.3, -0.25) is 4.79 Å². The normalized spacial score (nSPS) is 11.7. The quantitative estimate of drug-likeness (QED) is 0.0552. The number of unbranched alkanes of at least 4 members (excludes halogenated alkanes) is 15. The van der Waals surface area contributed by atoms with Gasteiger partial charge in [0.1, 0.15) is 6.61 Å². The van der Waals surface area contributed by atoms with Gasteiger partial charge in [-0.05, 0) is 6.42 Å². The average molecular weight is 537 g/mol. The molecule has 1 rings (SSSR count). The highest BCUT2D eigenvalue weighted by Crippen LogP contribution is 2.14. The summed E-state index contributed by atoms with van der Waals surface area (Å²) in [5, 5.41) is 0. The standard InChI is InChI=1S/C31H54NO6/c1-3-4-5-6-7-8-9-10-11-12-13-14-15-16-17-21-26-35-30(38-29(2)33)22-27-36-31(34)37-28-25-32-23-19-18-20-24-32/h18-20,23-24,30H,3-17,21-22,25-28H2,1-2H3/q+1/t30-/m0/s1. The number of carbonyl (C=O) groups excluding carboxylic acids is 2. The third kappa shape index (κ3) is 21.9. The Morgan fingerprint density at radius 3 is 1.68 bits per heavy atom. The summed E-state index contributed by atoms with van der Waals surface area (Å²) in [6.45, 7) is 4.98. The van der Waals surface area contributed by atoms with E-state index in [2.05, 4.69) is 6.92 Å². The molecule has 0 N–H and O–H groups in total. The Balaban J connectivity index is 1.95. The molecule has 0 unspecified atom stereocenters. The Bertz CT molecular complexity index is 684. The van der Waals surface area contributed by atoms with Gasteiger partial charge in [0.05, 0.1) is 6.61 Å². The Morgan fingerprint density at radius 1 is 0.658 bits per heavy atom. The van der Waals surface area contributed by atoms with Crippen molar-refractivity contribution in [3.63, 3.8) is 0 Å². The largest absolute Gasteiger partial charge is 0.508 e.